The molecule has 156 valence electrons. The number of para-hydroxylation sites is 1. The van der Waals surface area contributed by atoms with Gasteiger partial charge in [0.1, 0.15) is 5.92 Å². The zero-order chi connectivity index (χ0) is 20.2. The first-order valence-electron chi connectivity index (χ1n) is 10.8. The number of nitrogens with zero attached hydrogens (tertiary/aromatic N) is 2. The summed E-state index contributed by atoms with van der Waals surface area (Å²) in [5.74, 6) is 0.504. The van der Waals surface area contributed by atoms with Gasteiger partial charge in [-0.1, -0.05) is 12.1 Å². The molecule has 3 heterocycles. The molecular weight excluding hydrogens is 386 g/mol. The summed E-state index contributed by atoms with van der Waals surface area (Å²) in [6, 6.07) is 8.28. The SMILES string of the molecule is CCOC(=O)[C@H]1CCC[NH+](CC(=O)N2CCC(c3nc4ccccc4s3)CC2)C1. The Morgan fingerprint density at radius 1 is 1.24 bits per heavy atom. The number of thiazole rings is 1. The van der Waals surface area contributed by atoms with Crippen LogP contribution in [0.1, 0.15) is 43.5 Å². The highest BCUT2D eigenvalue weighted by Crippen LogP contribution is 2.33. The molecular formula is C22H30N3O3S+. The molecule has 4 rings (SSSR count). The molecule has 1 aromatic carbocycles. The number of likely N-dealkylation sites (tertiary alicyclic amines) is 2. The zero-order valence-corrected chi connectivity index (χ0v) is 17.9. The predicted octanol–water partition coefficient (Wildman–Crippen LogP) is 1.86. The molecule has 1 aromatic heterocycles. The molecule has 6 nitrogen and oxygen atoms in total. The molecule has 2 saturated heterocycles. The summed E-state index contributed by atoms with van der Waals surface area (Å²) in [6.45, 7) is 6.03. The number of piperidine rings is 2. The average molecular weight is 417 g/mol. The monoisotopic (exact) mass is 416 g/mol. The van der Waals surface area contributed by atoms with Crippen LogP contribution in [0.4, 0.5) is 0 Å². The van der Waals surface area contributed by atoms with Crippen molar-refractivity contribution in [1.82, 2.24) is 9.88 Å². The molecule has 0 bridgehead atoms. The molecule has 0 aliphatic carbocycles. The number of nitrogens with one attached hydrogen (secondary N) is 1. The third-order valence-corrected chi connectivity index (χ3v) is 7.35. The van der Waals surface area contributed by atoms with Crippen LogP contribution in [0.25, 0.3) is 10.2 Å². The fourth-order valence-electron chi connectivity index (χ4n) is 4.54. The van der Waals surface area contributed by atoms with Gasteiger partial charge in [-0.05, 0) is 44.7 Å². The fourth-order valence-corrected chi connectivity index (χ4v) is 5.68. The third kappa shape index (κ3) is 4.78. The van der Waals surface area contributed by atoms with Crippen LogP contribution >= 0.6 is 11.3 Å². The molecule has 2 aliphatic heterocycles. The molecule has 1 amide bonds. The summed E-state index contributed by atoms with van der Waals surface area (Å²) in [7, 11) is 0. The minimum Gasteiger partial charge on any atom is -0.466 e. The fraction of sp³-hybridized carbons (Fsp3) is 0.591. The second kappa shape index (κ2) is 9.22. The standard InChI is InChI=1S/C22H29N3O3S/c1-2-28-22(27)17-6-5-11-24(14-17)15-20(26)25-12-9-16(10-13-25)21-23-18-7-3-4-8-19(18)29-21/h3-4,7-8,16-17H,2,5-6,9-15H2,1H3/p+1/t17-/m0/s1. The number of quaternary nitrogens is 1. The number of aromatic nitrogens is 1. The lowest BCUT2D eigenvalue weighted by Crippen LogP contribution is -3.14. The van der Waals surface area contributed by atoms with E-state index < -0.39 is 0 Å². The van der Waals surface area contributed by atoms with Gasteiger partial charge in [-0.3, -0.25) is 9.59 Å². The quantitative estimate of drug-likeness (QED) is 0.756. The Kier molecular flexibility index (Phi) is 6.45. The molecule has 1 unspecified atom stereocenters. The van der Waals surface area contributed by atoms with Crippen molar-refractivity contribution in [3.05, 3.63) is 29.3 Å². The van der Waals surface area contributed by atoms with E-state index in [0.29, 0.717) is 25.6 Å². The van der Waals surface area contributed by atoms with Crippen LogP contribution in [0.15, 0.2) is 24.3 Å². The maximum Gasteiger partial charge on any atom is 0.314 e. The molecule has 2 aromatic rings. The molecule has 1 N–H and O–H groups in total. The zero-order valence-electron chi connectivity index (χ0n) is 17.1. The van der Waals surface area contributed by atoms with Crippen molar-refractivity contribution in [2.24, 2.45) is 5.92 Å². The summed E-state index contributed by atoms with van der Waals surface area (Å²) in [5.41, 5.74) is 1.08. The van der Waals surface area contributed by atoms with Crippen LogP contribution < -0.4 is 4.90 Å². The lowest BCUT2D eigenvalue weighted by atomic mass is 9.97. The molecule has 0 spiro atoms. The van der Waals surface area contributed by atoms with Crippen LogP contribution in [0.2, 0.25) is 0 Å². The van der Waals surface area contributed by atoms with Crippen molar-refractivity contribution >= 4 is 33.4 Å². The van der Waals surface area contributed by atoms with E-state index in [0.717, 1.165) is 50.8 Å². The average Bonchev–Trinajstić information content (AvgIpc) is 3.18. The van der Waals surface area contributed by atoms with Crippen LogP contribution in [0.5, 0.6) is 0 Å². The number of hydrogen-bond acceptors (Lipinski definition) is 5. The largest absolute Gasteiger partial charge is 0.466 e. The number of carbonyl (C=O) groups is 2. The Labute approximate surface area is 175 Å². The summed E-state index contributed by atoms with van der Waals surface area (Å²) in [6.07, 6.45) is 3.81. The number of benzene rings is 1. The van der Waals surface area contributed by atoms with Gasteiger partial charge in [-0.25, -0.2) is 4.98 Å². The van der Waals surface area contributed by atoms with Gasteiger partial charge >= 0.3 is 5.97 Å². The van der Waals surface area contributed by atoms with Gasteiger partial charge in [-0.15, -0.1) is 11.3 Å². The third-order valence-electron chi connectivity index (χ3n) is 6.15. The van der Waals surface area contributed by atoms with Gasteiger partial charge in [0.05, 0.1) is 34.9 Å². The number of ether oxygens (including phenoxy) is 1. The van der Waals surface area contributed by atoms with Crippen LogP contribution in [0.3, 0.4) is 0 Å². The number of esters is 1. The van der Waals surface area contributed by atoms with Crippen molar-refractivity contribution < 1.29 is 19.2 Å². The van der Waals surface area contributed by atoms with Gasteiger partial charge in [0, 0.05) is 19.0 Å². The van der Waals surface area contributed by atoms with Crippen LogP contribution in [-0.2, 0) is 14.3 Å². The van der Waals surface area contributed by atoms with E-state index in [2.05, 4.69) is 18.2 Å². The first-order chi connectivity index (χ1) is 14.1. The van der Waals surface area contributed by atoms with E-state index in [-0.39, 0.29) is 17.8 Å². The molecule has 0 saturated carbocycles. The topological polar surface area (TPSA) is 63.9 Å². The number of carbonyl (C=O) groups excluding carboxylic acids is 2. The van der Waals surface area contributed by atoms with Gasteiger partial charge in [-0.2, -0.15) is 0 Å². The van der Waals surface area contributed by atoms with Crippen molar-refractivity contribution in [3.8, 4) is 0 Å². The van der Waals surface area contributed by atoms with Crippen LogP contribution in [-0.4, -0.2) is 61.1 Å². The van der Waals surface area contributed by atoms with E-state index in [9.17, 15) is 9.59 Å². The van der Waals surface area contributed by atoms with Crippen molar-refractivity contribution in [2.75, 3.05) is 39.3 Å². The highest BCUT2D eigenvalue weighted by atomic mass is 32.1. The smallest absolute Gasteiger partial charge is 0.314 e. The van der Waals surface area contributed by atoms with E-state index >= 15 is 0 Å². The number of rotatable bonds is 5. The predicted molar refractivity (Wildman–Crippen MR) is 113 cm³/mol. The summed E-state index contributed by atoms with van der Waals surface area (Å²) < 4.78 is 6.42. The molecule has 2 atom stereocenters. The van der Waals surface area contributed by atoms with Crippen molar-refractivity contribution in [1.29, 1.82) is 0 Å². The van der Waals surface area contributed by atoms with Gasteiger partial charge in [0.2, 0.25) is 0 Å². The first kappa shape index (κ1) is 20.3. The van der Waals surface area contributed by atoms with Crippen molar-refractivity contribution in [3.63, 3.8) is 0 Å². The van der Waals surface area contributed by atoms with Crippen molar-refractivity contribution in [2.45, 2.75) is 38.5 Å². The Bertz CT molecular complexity index is 827. The van der Waals surface area contributed by atoms with E-state index in [4.69, 9.17) is 9.72 Å². The Morgan fingerprint density at radius 3 is 2.79 bits per heavy atom. The Morgan fingerprint density at radius 2 is 2.03 bits per heavy atom. The minimum absolute atomic E-state index is 0.0590. The highest BCUT2D eigenvalue weighted by Gasteiger charge is 2.33. The number of fused-ring (bicyclic) bond motifs is 1. The summed E-state index contributed by atoms with van der Waals surface area (Å²) in [5, 5.41) is 1.21. The Balaban J connectivity index is 1.28. The molecule has 29 heavy (non-hydrogen) atoms. The molecule has 2 aliphatic rings. The maximum atomic E-state index is 12.8. The lowest BCUT2D eigenvalue weighted by Gasteiger charge is -2.33. The van der Waals surface area contributed by atoms with E-state index in [1.807, 2.05) is 17.9 Å². The first-order valence-corrected chi connectivity index (χ1v) is 11.6. The van der Waals surface area contributed by atoms with Crippen LogP contribution in [0, 0.1) is 5.92 Å². The second-order valence-corrected chi connectivity index (χ2v) is 9.21. The normalized spacial score (nSPS) is 23.3. The number of amides is 1. The highest BCUT2D eigenvalue weighted by molar-refractivity contribution is 7.18. The maximum absolute atomic E-state index is 12.8. The molecule has 7 heteroatoms. The Hall–Kier alpha value is -1.99. The van der Waals surface area contributed by atoms with E-state index in [1.54, 1.807) is 11.3 Å². The summed E-state index contributed by atoms with van der Waals surface area (Å²) >= 11 is 1.79. The lowest BCUT2D eigenvalue weighted by molar-refractivity contribution is -0.899. The molecule has 0 radical (unpaired) electrons. The molecule has 2 fully saturated rings. The minimum atomic E-state index is -0.103. The number of hydrogen-bond donors (Lipinski definition) is 1. The second-order valence-electron chi connectivity index (χ2n) is 8.15. The van der Waals surface area contributed by atoms with Gasteiger partial charge in [0.15, 0.2) is 6.54 Å². The van der Waals surface area contributed by atoms with Gasteiger partial charge < -0.3 is 14.5 Å². The summed E-state index contributed by atoms with van der Waals surface area (Å²) in [4.78, 5) is 32.9. The van der Waals surface area contributed by atoms with E-state index in [1.165, 1.54) is 14.6 Å². The van der Waals surface area contributed by atoms with Gasteiger partial charge in [0.25, 0.3) is 5.91 Å².